The van der Waals surface area contributed by atoms with Crippen LogP contribution in [0, 0.1) is 5.82 Å². The molecular weight excluding hydrogens is 423 g/mol. The monoisotopic (exact) mass is 444 g/mol. The molecule has 1 amide bonds. The van der Waals surface area contributed by atoms with E-state index in [0.29, 0.717) is 27.9 Å². The Morgan fingerprint density at radius 1 is 1.14 bits per heavy atom. The van der Waals surface area contributed by atoms with E-state index in [9.17, 15) is 17.6 Å². The van der Waals surface area contributed by atoms with Gasteiger partial charge in [0.25, 0.3) is 0 Å². The Morgan fingerprint density at radius 2 is 1.76 bits per heavy atom. The maximum absolute atomic E-state index is 13.1. The average molecular weight is 445 g/mol. The van der Waals surface area contributed by atoms with Crippen LogP contribution in [0.5, 0.6) is 11.5 Å². The lowest BCUT2D eigenvalue weighted by Crippen LogP contribution is -2.31. The van der Waals surface area contributed by atoms with Crippen molar-refractivity contribution in [2.75, 3.05) is 36.6 Å². The first-order valence-electron chi connectivity index (χ1n) is 8.60. The molecule has 0 atom stereocenters. The topological polar surface area (TPSA) is 84.9 Å². The first-order chi connectivity index (χ1) is 13.7. The van der Waals surface area contributed by atoms with E-state index in [1.165, 1.54) is 44.6 Å². The summed E-state index contributed by atoms with van der Waals surface area (Å²) in [6.45, 7) is 0.0684. The molecule has 2 rings (SSSR count). The molecule has 0 heterocycles. The van der Waals surface area contributed by atoms with Crippen molar-refractivity contribution in [2.24, 2.45) is 0 Å². The van der Waals surface area contributed by atoms with Crippen LogP contribution in [0.2, 0.25) is 5.02 Å². The molecule has 0 aliphatic carbocycles. The fourth-order valence-corrected chi connectivity index (χ4v) is 3.84. The smallest absolute Gasteiger partial charge is 0.232 e. The second-order valence-electron chi connectivity index (χ2n) is 6.15. The Hall–Kier alpha value is -2.52. The minimum atomic E-state index is -3.58. The van der Waals surface area contributed by atoms with Gasteiger partial charge in [-0.15, -0.1) is 0 Å². The number of hydrogen-bond donors (Lipinski definition) is 1. The summed E-state index contributed by atoms with van der Waals surface area (Å²) in [4.78, 5) is 12.3. The summed E-state index contributed by atoms with van der Waals surface area (Å²) in [5, 5.41) is 3.04. The normalized spacial score (nSPS) is 11.1. The molecule has 0 fully saturated rings. The van der Waals surface area contributed by atoms with Gasteiger partial charge >= 0.3 is 0 Å². The zero-order valence-electron chi connectivity index (χ0n) is 16.2. The second kappa shape index (κ2) is 9.80. The molecule has 0 aliphatic rings. The van der Waals surface area contributed by atoms with Crippen LogP contribution in [0.3, 0.4) is 0 Å². The molecule has 0 bridgehead atoms. The predicted octanol–water partition coefficient (Wildman–Crippen LogP) is 3.68. The number of carbonyl (C=O) groups is 1. The first kappa shape index (κ1) is 22.8. The molecule has 158 valence electrons. The number of carbonyl (C=O) groups excluding carboxylic acids is 1. The molecular formula is C19H22ClFN2O5S. The fraction of sp³-hybridized carbons (Fsp3) is 0.316. The standard InChI is InChI=1S/C19H22ClFN2O5S/c1-27-17-12-16(18(28-2)11-15(17)20)22-19(24)5-4-10-23(29(3,25)26)14-8-6-13(21)7-9-14/h6-9,11-12H,4-5,10H2,1-3H3,(H,22,24). The number of anilines is 2. The number of sulfonamides is 1. The lowest BCUT2D eigenvalue weighted by atomic mass is 10.2. The van der Waals surface area contributed by atoms with Crippen LogP contribution < -0.4 is 19.1 Å². The van der Waals surface area contributed by atoms with Crippen molar-refractivity contribution in [3.05, 3.63) is 47.2 Å². The molecule has 0 aromatic heterocycles. The van der Waals surface area contributed by atoms with Crippen LogP contribution in [0.4, 0.5) is 15.8 Å². The van der Waals surface area contributed by atoms with Gasteiger partial charge in [-0.3, -0.25) is 9.10 Å². The molecule has 10 heteroatoms. The van der Waals surface area contributed by atoms with Crippen molar-refractivity contribution >= 4 is 38.9 Å². The number of hydrogen-bond acceptors (Lipinski definition) is 5. The van der Waals surface area contributed by atoms with E-state index in [2.05, 4.69) is 5.32 Å². The lowest BCUT2D eigenvalue weighted by Gasteiger charge is -2.22. The summed E-state index contributed by atoms with van der Waals surface area (Å²) in [5.74, 6) is -0.0512. The summed E-state index contributed by atoms with van der Waals surface area (Å²) >= 11 is 6.04. The van der Waals surface area contributed by atoms with Gasteiger partial charge in [-0.2, -0.15) is 0 Å². The zero-order valence-corrected chi connectivity index (χ0v) is 17.8. The fourth-order valence-electron chi connectivity index (χ4n) is 2.65. The minimum absolute atomic E-state index is 0.0569. The van der Waals surface area contributed by atoms with Crippen molar-refractivity contribution in [2.45, 2.75) is 12.8 Å². The van der Waals surface area contributed by atoms with Gasteiger partial charge < -0.3 is 14.8 Å². The third-order valence-corrected chi connectivity index (χ3v) is 5.52. The summed E-state index contributed by atoms with van der Waals surface area (Å²) in [7, 11) is -0.686. The molecule has 0 spiro atoms. The Bertz CT molecular complexity index is 967. The van der Waals surface area contributed by atoms with Crippen molar-refractivity contribution in [3.8, 4) is 11.5 Å². The highest BCUT2D eigenvalue weighted by atomic mass is 35.5. The van der Waals surface area contributed by atoms with Gasteiger partial charge in [0.05, 0.1) is 36.9 Å². The van der Waals surface area contributed by atoms with E-state index >= 15 is 0 Å². The quantitative estimate of drug-likeness (QED) is 0.637. The number of methoxy groups -OCH3 is 2. The van der Waals surface area contributed by atoms with Crippen molar-refractivity contribution in [1.29, 1.82) is 0 Å². The van der Waals surface area contributed by atoms with Gasteiger partial charge in [0.2, 0.25) is 15.9 Å². The summed E-state index contributed by atoms with van der Waals surface area (Å²) in [6.07, 6.45) is 1.37. The van der Waals surface area contributed by atoms with Gasteiger partial charge in [0, 0.05) is 25.1 Å². The van der Waals surface area contributed by atoms with E-state index in [1.54, 1.807) is 6.07 Å². The maximum Gasteiger partial charge on any atom is 0.232 e. The second-order valence-corrected chi connectivity index (χ2v) is 8.46. The third-order valence-electron chi connectivity index (χ3n) is 4.03. The number of amides is 1. The van der Waals surface area contributed by atoms with Crippen molar-refractivity contribution in [1.82, 2.24) is 0 Å². The Labute approximate surface area is 174 Å². The van der Waals surface area contributed by atoms with Crippen LogP contribution >= 0.6 is 11.6 Å². The van der Waals surface area contributed by atoms with E-state index in [0.717, 1.165) is 10.6 Å². The Kier molecular flexibility index (Phi) is 7.69. The highest BCUT2D eigenvalue weighted by molar-refractivity contribution is 7.92. The van der Waals surface area contributed by atoms with Crippen LogP contribution in [0.1, 0.15) is 12.8 Å². The number of benzene rings is 2. The van der Waals surface area contributed by atoms with Crippen molar-refractivity contribution < 1.29 is 27.1 Å². The molecule has 2 aromatic rings. The molecule has 29 heavy (non-hydrogen) atoms. The number of nitrogens with zero attached hydrogens (tertiary/aromatic N) is 1. The molecule has 0 saturated carbocycles. The van der Waals surface area contributed by atoms with Gasteiger partial charge in [0.15, 0.2) is 0 Å². The molecule has 0 unspecified atom stereocenters. The number of ether oxygens (including phenoxy) is 2. The Balaban J connectivity index is 2.04. The summed E-state index contributed by atoms with van der Waals surface area (Å²) in [5.41, 5.74) is 0.718. The molecule has 0 aliphatic heterocycles. The third kappa shape index (κ3) is 6.23. The number of nitrogens with one attached hydrogen (secondary N) is 1. The molecule has 2 aromatic carbocycles. The highest BCUT2D eigenvalue weighted by Crippen LogP contribution is 2.36. The zero-order chi connectivity index (χ0) is 21.6. The number of rotatable bonds is 9. The number of halogens is 2. The molecule has 1 N–H and O–H groups in total. The van der Waals surface area contributed by atoms with E-state index < -0.39 is 15.8 Å². The lowest BCUT2D eigenvalue weighted by molar-refractivity contribution is -0.116. The van der Waals surface area contributed by atoms with Gasteiger partial charge in [-0.25, -0.2) is 12.8 Å². The van der Waals surface area contributed by atoms with Crippen LogP contribution in [-0.4, -0.2) is 41.3 Å². The largest absolute Gasteiger partial charge is 0.495 e. The van der Waals surface area contributed by atoms with E-state index in [1.807, 2.05) is 0 Å². The van der Waals surface area contributed by atoms with Crippen LogP contribution in [0.15, 0.2) is 36.4 Å². The molecule has 7 nitrogen and oxygen atoms in total. The van der Waals surface area contributed by atoms with E-state index in [4.69, 9.17) is 21.1 Å². The molecule has 0 radical (unpaired) electrons. The van der Waals surface area contributed by atoms with Gasteiger partial charge in [-0.05, 0) is 30.7 Å². The van der Waals surface area contributed by atoms with Gasteiger partial charge in [0.1, 0.15) is 17.3 Å². The van der Waals surface area contributed by atoms with Crippen LogP contribution in [-0.2, 0) is 14.8 Å². The first-order valence-corrected chi connectivity index (χ1v) is 10.8. The highest BCUT2D eigenvalue weighted by Gasteiger charge is 2.18. The van der Waals surface area contributed by atoms with Gasteiger partial charge in [-0.1, -0.05) is 11.6 Å². The predicted molar refractivity (Wildman–Crippen MR) is 111 cm³/mol. The average Bonchev–Trinajstić information content (AvgIpc) is 2.66. The van der Waals surface area contributed by atoms with Crippen molar-refractivity contribution in [3.63, 3.8) is 0 Å². The van der Waals surface area contributed by atoms with Crippen LogP contribution in [0.25, 0.3) is 0 Å². The minimum Gasteiger partial charge on any atom is -0.495 e. The summed E-state index contributed by atoms with van der Waals surface area (Å²) < 4.78 is 48.7. The summed E-state index contributed by atoms with van der Waals surface area (Å²) in [6, 6.07) is 8.18. The molecule has 0 saturated heterocycles. The SMILES string of the molecule is COc1cc(NC(=O)CCCN(c2ccc(F)cc2)S(C)(=O)=O)c(OC)cc1Cl. The maximum atomic E-state index is 13.1. The Morgan fingerprint density at radius 3 is 2.31 bits per heavy atom. The van der Waals surface area contributed by atoms with E-state index in [-0.39, 0.29) is 25.3 Å².